The van der Waals surface area contributed by atoms with E-state index in [4.69, 9.17) is 9.47 Å². The molecule has 2 aliphatic rings. The predicted molar refractivity (Wildman–Crippen MR) is 95.6 cm³/mol. The second-order valence-corrected chi connectivity index (χ2v) is 6.61. The zero-order valence-corrected chi connectivity index (χ0v) is 15.1. The number of carbonyl (C=O) groups excluding carboxylic acids is 1. The Kier molecular flexibility index (Phi) is 7.62. The second-order valence-electron chi connectivity index (χ2n) is 6.61. The number of amides is 1. The van der Waals surface area contributed by atoms with Crippen molar-refractivity contribution >= 4 is 18.3 Å². The van der Waals surface area contributed by atoms with E-state index in [1.54, 1.807) is 12.1 Å². The molecule has 1 atom stereocenters. The Bertz CT molecular complexity index is 561. The van der Waals surface area contributed by atoms with Crippen LogP contribution in [0, 0.1) is 5.82 Å². The van der Waals surface area contributed by atoms with Gasteiger partial charge in [-0.15, -0.1) is 12.4 Å². The van der Waals surface area contributed by atoms with Gasteiger partial charge in [0.15, 0.2) is 0 Å². The SMILES string of the molecule is Cl.O=C(CC1COCCN1)NCC1(c2cccc(F)c2)CCOCC1. The maximum atomic E-state index is 13.7. The normalized spacial score (nSPS) is 22.7. The van der Waals surface area contributed by atoms with Gasteiger partial charge in [-0.1, -0.05) is 12.1 Å². The highest BCUT2D eigenvalue weighted by Crippen LogP contribution is 2.34. The Morgan fingerprint density at radius 1 is 1.28 bits per heavy atom. The van der Waals surface area contributed by atoms with Gasteiger partial charge in [0.1, 0.15) is 5.82 Å². The summed E-state index contributed by atoms with van der Waals surface area (Å²) in [6.45, 7) is 3.81. The topological polar surface area (TPSA) is 59.6 Å². The molecule has 0 bridgehead atoms. The molecule has 0 aliphatic carbocycles. The lowest BCUT2D eigenvalue weighted by atomic mass is 9.74. The van der Waals surface area contributed by atoms with Gasteiger partial charge < -0.3 is 20.1 Å². The summed E-state index contributed by atoms with van der Waals surface area (Å²) in [7, 11) is 0. The molecule has 3 rings (SSSR count). The van der Waals surface area contributed by atoms with Crippen molar-refractivity contribution in [1.29, 1.82) is 0 Å². The Hall–Kier alpha value is -1.21. The van der Waals surface area contributed by atoms with Gasteiger partial charge in [-0.2, -0.15) is 0 Å². The van der Waals surface area contributed by atoms with E-state index in [-0.39, 0.29) is 35.6 Å². The van der Waals surface area contributed by atoms with Crippen LogP contribution >= 0.6 is 12.4 Å². The molecular weight excluding hydrogens is 347 g/mol. The van der Waals surface area contributed by atoms with E-state index in [0.717, 1.165) is 24.9 Å². The Labute approximate surface area is 154 Å². The molecule has 2 heterocycles. The van der Waals surface area contributed by atoms with Gasteiger partial charge in [0.05, 0.1) is 13.2 Å². The van der Waals surface area contributed by atoms with Gasteiger partial charge in [-0.05, 0) is 30.5 Å². The van der Waals surface area contributed by atoms with Crippen molar-refractivity contribution < 1.29 is 18.7 Å². The van der Waals surface area contributed by atoms with Crippen LogP contribution in [0.15, 0.2) is 24.3 Å². The number of hydrogen-bond acceptors (Lipinski definition) is 4. The number of rotatable bonds is 5. The highest BCUT2D eigenvalue weighted by molar-refractivity contribution is 5.85. The molecule has 2 saturated heterocycles. The lowest BCUT2D eigenvalue weighted by molar-refractivity contribution is -0.122. The molecule has 1 unspecified atom stereocenters. The van der Waals surface area contributed by atoms with Crippen LogP contribution in [0.5, 0.6) is 0 Å². The molecule has 0 aromatic heterocycles. The molecule has 25 heavy (non-hydrogen) atoms. The number of hydrogen-bond donors (Lipinski definition) is 2. The Morgan fingerprint density at radius 2 is 2.08 bits per heavy atom. The van der Waals surface area contributed by atoms with E-state index in [1.165, 1.54) is 6.07 Å². The van der Waals surface area contributed by atoms with Crippen LogP contribution in [0.1, 0.15) is 24.8 Å². The third kappa shape index (κ3) is 5.38. The molecule has 2 fully saturated rings. The highest BCUT2D eigenvalue weighted by Gasteiger charge is 2.35. The lowest BCUT2D eigenvalue weighted by Gasteiger charge is -2.38. The quantitative estimate of drug-likeness (QED) is 0.827. The van der Waals surface area contributed by atoms with Crippen molar-refractivity contribution in [3.63, 3.8) is 0 Å². The summed E-state index contributed by atoms with van der Waals surface area (Å²) >= 11 is 0. The van der Waals surface area contributed by atoms with Gasteiger partial charge in [0.25, 0.3) is 0 Å². The van der Waals surface area contributed by atoms with Crippen LogP contribution in [0.3, 0.4) is 0 Å². The molecular formula is C18H26ClFN2O3. The summed E-state index contributed by atoms with van der Waals surface area (Å²) in [6, 6.07) is 6.76. The Morgan fingerprint density at radius 3 is 2.76 bits per heavy atom. The Balaban J connectivity index is 0.00000225. The van der Waals surface area contributed by atoms with Crippen molar-refractivity contribution in [3.8, 4) is 0 Å². The molecule has 0 radical (unpaired) electrons. The van der Waals surface area contributed by atoms with E-state index in [1.807, 2.05) is 6.07 Å². The molecule has 1 aromatic carbocycles. The summed E-state index contributed by atoms with van der Waals surface area (Å²) in [4.78, 5) is 12.3. The number of benzene rings is 1. The molecule has 2 aliphatic heterocycles. The van der Waals surface area contributed by atoms with Gasteiger partial charge in [-0.3, -0.25) is 4.79 Å². The maximum absolute atomic E-state index is 13.7. The fourth-order valence-electron chi connectivity index (χ4n) is 3.46. The summed E-state index contributed by atoms with van der Waals surface area (Å²) in [6.07, 6.45) is 1.96. The number of halogens is 2. The van der Waals surface area contributed by atoms with Crippen LogP contribution in [0.25, 0.3) is 0 Å². The largest absolute Gasteiger partial charge is 0.381 e. The van der Waals surface area contributed by atoms with E-state index < -0.39 is 0 Å². The number of nitrogens with one attached hydrogen (secondary N) is 2. The molecule has 7 heteroatoms. The van der Waals surface area contributed by atoms with Crippen LogP contribution in [-0.4, -0.2) is 51.5 Å². The fraction of sp³-hybridized carbons (Fsp3) is 0.611. The summed E-state index contributed by atoms with van der Waals surface area (Å²) in [5, 5.41) is 6.33. The highest BCUT2D eigenvalue weighted by atomic mass is 35.5. The molecule has 0 spiro atoms. The zero-order valence-electron chi connectivity index (χ0n) is 14.3. The molecule has 0 saturated carbocycles. The third-order valence-electron chi connectivity index (χ3n) is 4.94. The molecule has 1 amide bonds. The predicted octanol–water partition coefficient (Wildman–Crippen LogP) is 1.79. The standard InChI is InChI=1S/C18H25FN2O3.ClH/c19-15-3-1-2-14(10-15)18(4-7-23-8-5-18)13-21-17(22)11-16-12-24-9-6-20-16;/h1-3,10,16,20H,4-9,11-13H2,(H,21,22);1H. The molecule has 2 N–H and O–H groups in total. The lowest BCUT2D eigenvalue weighted by Crippen LogP contribution is -2.48. The first kappa shape index (κ1) is 20.1. The van der Waals surface area contributed by atoms with Crippen molar-refractivity contribution in [1.82, 2.24) is 10.6 Å². The van der Waals surface area contributed by atoms with Crippen molar-refractivity contribution in [2.45, 2.75) is 30.7 Å². The average Bonchev–Trinajstić information content (AvgIpc) is 2.62. The summed E-state index contributed by atoms with van der Waals surface area (Å²) in [5.74, 6) is -0.242. The van der Waals surface area contributed by atoms with Gasteiger partial charge >= 0.3 is 0 Å². The fourth-order valence-corrected chi connectivity index (χ4v) is 3.46. The smallest absolute Gasteiger partial charge is 0.221 e. The zero-order chi connectivity index (χ0) is 16.8. The third-order valence-corrected chi connectivity index (χ3v) is 4.94. The number of ether oxygens (including phenoxy) is 2. The van der Waals surface area contributed by atoms with E-state index in [2.05, 4.69) is 10.6 Å². The van der Waals surface area contributed by atoms with E-state index >= 15 is 0 Å². The van der Waals surface area contributed by atoms with Gasteiger partial charge in [0, 0.05) is 44.2 Å². The average molecular weight is 373 g/mol. The minimum atomic E-state index is -0.257. The van der Waals surface area contributed by atoms with E-state index in [0.29, 0.717) is 39.4 Å². The van der Waals surface area contributed by atoms with Crippen molar-refractivity contribution in [2.24, 2.45) is 0 Å². The summed E-state index contributed by atoms with van der Waals surface area (Å²) < 4.78 is 24.5. The first-order chi connectivity index (χ1) is 11.7. The van der Waals surface area contributed by atoms with Crippen molar-refractivity contribution in [3.05, 3.63) is 35.6 Å². The van der Waals surface area contributed by atoms with Crippen LogP contribution in [-0.2, 0) is 19.7 Å². The first-order valence-corrected chi connectivity index (χ1v) is 8.60. The monoisotopic (exact) mass is 372 g/mol. The first-order valence-electron chi connectivity index (χ1n) is 8.60. The molecule has 1 aromatic rings. The van der Waals surface area contributed by atoms with Gasteiger partial charge in [-0.25, -0.2) is 4.39 Å². The second kappa shape index (κ2) is 9.48. The summed E-state index contributed by atoms with van der Waals surface area (Å²) in [5.41, 5.74) is 0.678. The molecule has 5 nitrogen and oxygen atoms in total. The van der Waals surface area contributed by atoms with Gasteiger partial charge in [0.2, 0.25) is 5.91 Å². The van der Waals surface area contributed by atoms with Crippen molar-refractivity contribution in [2.75, 3.05) is 39.5 Å². The van der Waals surface area contributed by atoms with E-state index in [9.17, 15) is 9.18 Å². The van der Waals surface area contributed by atoms with Crippen LogP contribution in [0.2, 0.25) is 0 Å². The minimum absolute atomic E-state index is 0. The maximum Gasteiger partial charge on any atom is 0.221 e. The number of carbonyl (C=O) groups is 1. The van der Waals surface area contributed by atoms with Crippen LogP contribution < -0.4 is 10.6 Å². The number of morpholine rings is 1. The molecule has 140 valence electrons. The van der Waals surface area contributed by atoms with Crippen LogP contribution in [0.4, 0.5) is 4.39 Å². The minimum Gasteiger partial charge on any atom is -0.381 e.